The van der Waals surface area contributed by atoms with E-state index >= 15 is 0 Å². The van der Waals surface area contributed by atoms with E-state index in [0.717, 1.165) is 6.42 Å². The monoisotopic (exact) mass is 396 g/mol. The van der Waals surface area contributed by atoms with E-state index in [9.17, 15) is 18.4 Å². The number of carbonyl (C=O) groups excluding carboxylic acids is 2. The second-order valence-electron chi connectivity index (χ2n) is 5.70. The molecule has 0 atom stereocenters. The molecule has 10 heteroatoms. The Labute approximate surface area is 160 Å². The number of methoxy groups -OCH3 is 1. The van der Waals surface area contributed by atoms with E-state index < -0.39 is 18.4 Å². The number of ether oxygens (including phenoxy) is 2. The Morgan fingerprint density at radius 1 is 1.21 bits per heavy atom. The summed E-state index contributed by atoms with van der Waals surface area (Å²) in [6, 6.07) is 3.80. The van der Waals surface area contributed by atoms with E-state index in [1.165, 1.54) is 30.0 Å². The normalized spacial score (nSPS) is 10.6. The van der Waals surface area contributed by atoms with Crippen LogP contribution in [0, 0.1) is 0 Å². The fraction of sp³-hybridized carbons (Fsp3) is 0.389. The lowest BCUT2D eigenvalue weighted by Crippen LogP contribution is -2.26. The summed E-state index contributed by atoms with van der Waals surface area (Å²) < 4.78 is 35.7. The van der Waals surface area contributed by atoms with E-state index in [2.05, 4.69) is 20.5 Å². The minimum atomic E-state index is -3.02. The molecule has 2 N–H and O–H groups in total. The Morgan fingerprint density at radius 2 is 1.96 bits per heavy atom. The van der Waals surface area contributed by atoms with Gasteiger partial charge in [0.2, 0.25) is 0 Å². The number of halogens is 2. The van der Waals surface area contributed by atoms with Gasteiger partial charge >= 0.3 is 6.61 Å². The molecule has 0 aliphatic carbocycles. The lowest BCUT2D eigenvalue weighted by molar-refractivity contribution is -0.0512. The Bertz CT molecular complexity index is 839. The molecule has 8 nitrogen and oxygen atoms in total. The number of aromatic nitrogens is 2. The second kappa shape index (κ2) is 9.67. The quantitative estimate of drug-likeness (QED) is 0.680. The van der Waals surface area contributed by atoms with Gasteiger partial charge in [0, 0.05) is 24.8 Å². The zero-order chi connectivity index (χ0) is 20.7. The fourth-order valence-corrected chi connectivity index (χ4v) is 2.36. The minimum Gasteiger partial charge on any atom is -0.493 e. The number of nitrogens with zero attached hydrogens (tertiary/aromatic N) is 2. The molecule has 2 amide bonds. The molecular formula is C18H22F2N4O4. The first kappa shape index (κ1) is 21.1. The average Bonchev–Trinajstić information content (AvgIpc) is 3.08. The van der Waals surface area contributed by atoms with Crippen molar-refractivity contribution >= 4 is 17.5 Å². The molecule has 1 aromatic heterocycles. The van der Waals surface area contributed by atoms with Crippen molar-refractivity contribution in [3.05, 3.63) is 35.7 Å². The second-order valence-corrected chi connectivity index (χ2v) is 5.70. The third-order valence-electron chi connectivity index (χ3n) is 3.73. The average molecular weight is 396 g/mol. The maximum Gasteiger partial charge on any atom is 0.387 e. The van der Waals surface area contributed by atoms with Gasteiger partial charge in [0.15, 0.2) is 17.2 Å². The number of benzene rings is 1. The number of amides is 2. The first-order valence-corrected chi connectivity index (χ1v) is 8.69. The summed E-state index contributed by atoms with van der Waals surface area (Å²) in [5.74, 6) is -1.16. The number of anilines is 1. The Hall–Kier alpha value is -3.17. The first-order valence-electron chi connectivity index (χ1n) is 8.69. The number of nitrogens with one attached hydrogen (secondary N) is 2. The van der Waals surface area contributed by atoms with Gasteiger partial charge in [-0.2, -0.15) is 13.9 Å². The van der Waals surface area contributed by atoms with Crippen LogP contribution in [0.3, 0.4) is 0 Å². The third-order valence-corrected chi connectivity index (χ3v) is 3.73. The molecule has 1 heterocycles. The number of hydrogen-bond acceptors (Lipinski definition) is 5. The highest BCUT2D eigenvalue weighted by Crippen LogP contribution is 2.30. The van der Waals surface area contributed by atoms with Crippen LogP contribution >= 0.6 is 0 Å². The molecule has 0 unspecified atom stereocenters. The molecule has 0 radical (unpaired) electrons. The van der Waals surface area contributed by atoms with Gasteiger partial charge in [-0.15, -0.1) is 0 Å². The van der Waals surface area contributed by atoms with Gasteiger partial charge in [-0.1, -0.05) is 6.92 Å². The zero-order valence-electron chi connectivity index (χ0n) is 15.8. The van der Waals surface area contributed by atoms with E-state index in [0.29, 0.717) is 13.1 Å². The van der Waals surface area contributed by atoms with Gasteiger partial charge in [0.1, 0.15) is 0 Å². The van der Waals surface area contributed by atoms with Crippen molar-refractivity contribution in [3.8, 4) is 11.5 Å². The number of aryl methyl sites for hydroxylation is 1. The van der Waals surface area contributed by atoms with Crippen molar-refractivity contribution in [2.45, 2.75) is 33.4 Å². The summed E-state index contributed by atoms with van der Waals surface area (Å²) in [6.45, 7) is 1.74. The number of alkyl halides is 2. The molecule has 0 saturated heterocycles. The summed E-state index contributed by atoms with van der Waals surface area (Å²) in [7, 11) is 1.27. The Balaban J connectivity index is 2.24. The minimum absolute atomic E-state index is 0.0156. The molecule has 152 valence electrons. The molecule has 0 aliphatic heterocycles. The van der Waals surface area contributed by atoms with Crippen LogP contribution in [0.4, 0.5) is 14.5 Å². The first-order chi connectivity index (χ1) is 13.4. The summed E-state index contributed by atoms with van der Waals surface area (Å²) in [4.78, 5) is 24.9. The van der Waals surface area contributed by atoms with Gasteiger partial charge < -0.3 is 20.1 Å². The van der Waals surface area contributed by atoms with Gasteiger partial charge in [0.25, 0.3) is 11.8 Å². The van der Waals surface area contributed by atoms with Crippen molar-refractivity contribution in [3.63, 3.8) is 0 Å². The van der Waals surface area contributed by atoms with Crippen molar-refractivity contribution < 1.29 is 27.8 Å². The van der Waals surface area contributed by atoms with Gasteiger partial charge in [-0.3, -0.25) is 14.3 Å². The predicted molar refractivity (Wildman–Crippen MR) is 98.1 cm³/mol. The van der Waals surface area contributed by atoms with Crippen molar-refractivity contribution in [1.29, 1.82) is 0 Å². The van der Waals surface area contributed by atoms with Crippen molar-refractivity contribution in [2.24, 2.45) is 0 Å². The van der Waals surface area contributed by atoms with Gasteiger partial charge in [-0.25, -0.2) is 0 Å². The molecule has 1 aromatic carbocycles. The van der Waals surface area contributed by atoms with Crippen LogP contribution in [0.25, 0.3) is 0 Å². The van der Waals surface area contributed by atoms with Crippen LogP contribution < -0.4 is 20.1 Å². The molecule has 0 saturated carbocycles. The van der Waals surface area contributed by atoms with Crippen LogP contribution in [-0.2, 0) is 6.54 Å². The fourth-order valence-electron chi connectivity index (χ4n) is 2.36. The third kappa shape index (κ3) is 5.18. The number of rotatable bonds is 9. The Kier molecular flexibility index (Phi) is 7.30. The maximum absolute atomic E-state index is 12.6. The molecule has 28 heavy (non-hydrogen) atoms. The lowest BCUT2D eigenvalue weighted by Gasteiger charge is -2.11. The largest absolute Gasteiger partial charge is 0.493 e. The Morgan fingerprint density at radius 3 is 2.57 bits per heavy atom. The van der Waals surface area contributed by atoms with Crippen LogP contribution in [0.15, 0.2) is 24.4 Å². The molecule has 0 fully saturated rings. The molecule has 2 rings (SSSR count). The standard InChI is InChI=1S/C18H22F2N4O4/c1-4-8-21-17(26)15-12(10-24(5-2)23-15)22-16(25)11-6-7-13(28-18(19)20)14(9-11)27-3/h6-7,9-10,18H,4-5,8H2,1-3H3,(H,21,26)(H,22,25). The number of carbonyl (C=O) groups is 2. The maximum atomic E-state index is 12.6. The zero-order valence-corrected chi connectivity index (χ0v) is 15.8. The van der Waals surface area contributed by atoms with Crippen LogP contribution in [0.2, 0.25) is 0 Å². The predicted octanol–water partition coefficient (Wildman–Crippen LogP) is 2.91. The molecular weight excluding hydrogens is 374 g/mol. The number of hydrogen-bond donors (Lipinski definition) is 2. The highest BCUT2D eigenvalue weighted by atomic mass is 19.3. The van der Waals surface area contributed by atoms with E-state index in [1.54, 1.807) is 6.20 Å². The molecule has 2 aromatic rings. The van der Waals surface area contributed by atoms with E-state index in [1.807, 2.05) is 13.8 Å². The summed E-state index contributed by atoms with van der Waals surface area (Å²) in [5, 5.41) is 9.50. The summed E-state index contributed by atoms with van der Waals surface area (Å²) in [6.07, 6.45) is 2.30. The molecule has 0 spiro atoms. The summed E-state index contributed by atoms with van der Waals surface area (Å²) in [5.41, 5.74) is 0.475. The topological polar surface area (TPSA) is 94.5 Å². The lowest BCUT2D eigenvalue weighted by atomic mass is 10.2. The van der Waals surface area contributed by atoms with E-state index in [-0.39, 0.29) is 28.4 Å². The van der Waals surface area contributed by atoms with E-state index in [4.69, 9.17) is 4.74 Å². The van der Waals surface area contributed by atoms with Crippen molar-refractivity contribution in [1.82, 2.24) is 15.1 Å². The SMILES string of the molecule is CCCNC(=O)c1nn(CC)cc1NC(=O)c1ccc(OC(F)F)c(OC)c1. The highest BCUT2D eigenvalue weighted by Gasteiger charge is 2.20. The molecule has 0 bridgehead atoms. The van der Waals surface area contributed by atoms with Crippen molar-refractivity contribution in [2.75, 3.05) is 19.0 Å². The smallest absolute Gasteiger partial charge is 0.387 e. The highest BCUT2D eigenvalue weighted by molar-refractivity contribution is 6.08. The van der Waals surface area contributed by atoms with Gasteiger partial charge in [-0.05, 0) is 31.5 Å². The molecule has 0 aliphatic rings. The van der Waals surface area contributed by atoms with Crippen LogP contribution in [-0.4, -0.2) is 41.9 Å². The van der Waals surface area contributed by atoms with Gasteiger partial charge in [0.05, 0.1) is 12.8 Å². The summed E-state index contributed by atoms with van der Waals surface area (Å²) >= 11 is 0. The van der Waals surface area contributed by atoms with Crippen LogP contribution in [0.1, 0.15) is 41.1 Å². The van der Waals surface area contributed by atoms with Crippen LogP contribution in [0.5, 0.6) is 11.5 Å².